The molecular weight excluding hydrogens is 375 g/mol. The lowest BCUT2D eigenvalue weighted by atomic mass is 10.0. The highest BCUT2D eigenvalue weighted by Crippen LogP contribution is 2.18. The van der Waals surface area contributed by atoms with Crippen molar-refractivity contribution in [1.29, 1.82) is 0 Å². The maximum Gasteiger partial charge on any atom is 0.422 e. The van der Waals surface area contributed by atoms with Gasteiger partial charge in [-0.1, -0.05) is 0 Å². The van der Waals surface area contributed by atoms with Gasteiger partial charge in [-0.15, -0.1) is 0 Å². The van der Waals surface area contributed by atoms with Gasteiger partial charge in [0.15, 0.2) is 12.6 Å². The summed E-state index contributed by atoms with van der Waals surface area (Å²) in [6, 6.07) is 3.18. The number of hydrogen-bond acceptors (Lipinski definition) is 5. The monoisotopic (exact) mass is 403 g/mol. The fourth-order valence-corrected chi connectivity index (χ4v) is 2.78. The molecule has 0 spiro atoms. The normalized spacial score (nSPS) is 16.7. The highest BCUT2D eigenvalue weighted by Gasteiger charge is 2.29. The molecule has 0 saturated carbocycles. The van der Waals surface area contributed by atoms with Crippen molar-refractivity contribution in [2.24, 2.45) is 4.99 Å². The molecule has 7 nitrogen and oxygen atoms in total. The number of alkyl halides is 3. The molecule has 0 aromatic carbocycles. The van der Waals surface area contributed by atoms with E-state index >= 15 is 0 Å². The number of halogens is 3. The molecule has 158 valence electrons. The summed E-state index contributed by atoms with van der Waals surface area (Å²) in [5.74, 6) is 0.545. The Morgan fingerprint density at radius 2 is 2.00 bits per heavy atom. The van der Waals surface area contributed by atoms with Crippen LogP contribution in [0.5, 0.6) is 5.88 Å². The second kappa shape index (κ2) is 9.92. The number of pyridine rings is 1. The van der Waals surface area contributed by atoms with E-state index in [1.54, 1.807) is 13.1 Å². The van der Waals surface area contributed by atoms with Gasteiger partial charge >= 0.3 is 6.18 Å². The second-order valence-corrected chi connectivity index (χ2v) is 7.10. The van der Waals surface area contributed by atoms with Crippen LogP contribution in [0.2, 0.25) is 0 Å². The number of guanidine groups is 1. The number of hydrogen-bond donors (Lipinski definition) is 2. The molecular formula is C18H28F3N5O2. The molecule has 10 heteroatoms. The first-order valence-corrected chi connectivity index (χ1v) is 9.11. The molecule has 0 amide bonds. The molecule has 1 aliphatic heterocycles. The van der Waals surface area contributed by atoms with Crippen LogP contribution in [0.3, 0.4) is 0 Å². The molecule has 1 fully saturated rings. The molecule has 28 heavy (non-hydrogen) atoms. The average molecular weight is 403 g/mol. The van der Waals surface area contributed by atoms with Gasteiger partial charge in [0.25, 0.3) is 0 Å². The fraction of sp³-hybridized carbons (Fsp3) is 0.667. The molecule has 2 N–H and O–H groups in total. The topological polar surface area (TPSA) is 71.0 Å². The molecule has 0 atom stereocenters. The van der Waals surface area contributed by atoms with Gasteiger partial charge in [-0.25, -0.2) is 4.98 Å². The Hall–Kier alpha value is -2.07. The standard InChI is InChI=1S/C18H28F3N5O2/c1-17(2,26-6-8-27-9-7-26)12-25-16(22-3)24-11-14-4-5-23-15(10-14)28-13-18(19,20)21/h4-5,10H,6-9,11-13H2,1-3H3,(H2,22,24,25). The zero-order valence-electron chi connectivity index (χ0n) is 16.5. The third-order valence-corrected chi connectivity index (χ3v) is 4.42. The average Bonchev–Trinajstić information content (AvgIpc) is 2.67. The fourth-order valence-electron chi connectivity index (χ4n) is 2.78. The first-order chi connectivity index (χ1) is 13.2. The quantitative estimate of drug-likeness (QED) is 0.535. The van der Waals surface area contributed by atoms with Crippen LogP contribution in [0.25, 0.3) is 0 Å². The predicted octanol–water partition coefficient (Wildman–Crippen LogP) is 1.80. The van der Waals surface area contributed by atoms with Crippen LogP contribution in [0.4, 0.5) is 13.2 Å². The largest absolute Gasteiger partial charge is 0.468 e. The molecule has 1 aromatic rings. The smallest absolute Gasteiger partial charge is 0.422 e. The van der Waals surface area contributed by atoms with Crippen molar-refractivity contribution < 1.29 is 22.6 Å². The maximum absolute atomic E-state index is 12.3. The van der Waals surface area contributed by atoms with Gasteiger partial charge in [-0.3, -0.25) is 9.89 Å². The third-order valence-electron chi connectivity index (χ3n) is 4.42. The molecule has 1 saturated heterocycles. The van der Waals surface area contributed by atoms with Crippen LogP contribution < -0.4 is 15.4 Å². The Kier molecular flexibility index (Phi) is 7.88. The molecule has 2 rings (SSSR count). The van der Waals surface area contributed by atoms with E-state index in [2.05, 4.69) is 44.1 Å². The lowest BCUT2D eigenvalue weighted by Gasteiger charge is -2.41. The van der Waals surface area contributed by atoms with Crippen molar-refractivity contribution in [2.75, 3.05) is 46.5 Å². The number of ether oxygens (including phenoxy) is 2. The van der Waals surface area contributed by atoms with E-state index < -0.39 is 12.8 Å². The second-order valence-electron chi connectivity index (χ2n) is 7.10. The third kappa shape index (κ3) is 7.51. The van der Waals surface area contributed by atoms with E-state index in [9.17, 15) is 13.2 Å². The minimum Gasteiger partial charge on any atom is -0.468 e. The van der Waals surface area contributed by atoms with E-state index in [1.165, 1.54) is 12.3 Å². The highest BCUT2D eigenvalue weighted by atomic mass is 19.4. The van der Waals surface area contributed by atoms with Gasteiger partial charge in [-0.05, 0) is 25.5 Å². The number of rotatable bonds is 7. The van der Waals surface area contributed by atoms with Crippen molar-refractivity contribution in [2.45, 2.75) is 32.1 Å². The Morgan fingerprint density at radius 3 is 2.64 bits per heavy atom. The van der Waals surface area contributed by atoms with E-state index in [0.717, 1.165) is 31.9 Å². The zero-order chi connectivity index (χ0) is 20.6. The maximum atomic E-state index is 12.3. The Balaban J connectivity index is 1.83. The van der Waals surface area contributed by atoms with Crippen LogP contribution in [-0.4, -0.2) is 74.1 Å². The van der Waals surface area contributed by atoms with Gasteiger partial charge in [0, 0.05) is 51.0 Å². The number of nitrogens with one attached hydrogen (secondary N) is 2. The molecule has 2 heterocycles. The van der Waals surface area contributed by atoms with Gasteiger partial charge in [0.05, 0.1) is 13.2 Å². The molecule has 0 unspecified atom stereocenters. The van der Waals surface area contributed by atoms with Crippen LogP contribution in [0.1, 0.15) is 19.4 Å². The first kappa shape index (κ1) is 22.2. The number of nitrogens with zero attached hydrogens (tertiary/aromatic N) is 3. The molecule has 1 aliphatic rings. The van der Waals surface area contributed by atoms with Crippen molar-refractivity contribution in [3.8, 4) is 5.88 Å². The first-order valence-electron chi connectivity index (χ1n) is 9.11. The molecule has 0 aliphatic carbocycles. The minimum atomic E-state index is -4.39. The van der Waals surface area contributed by atoms with E-state index in [0.29, 0.717) is 19.0 Å². The van der Waals surface area contributed by atoms with Crippen molar-refractivity contribution >= 4 is 5.96 Å². The van der Waals surface area contributed by atoms with Gasteiger partial charge in [0.1, 0.15) is 0 Å². The summed E-state index contributed by atoms with van der Waals surface area (Å²) in [6.07, 6.45) is -2.98. The lowest BCUT2D eigenvalue weighted by Crippen LogP contribution is -2.56. The SMILES string of the molecule is CN=C(NCc1ccnc(OCC(F)(F)F)c1)NCC(C)(C)N1CCOCC1. The van der Waals surface area contributed by atoms with Gasteiger partial charge in [-0.2, -0.15) is 13.2 Å². The highest BCUT2D eigenvalue weighted by molar-refractivity contribution is 5.79. The summed E-state index contributed by atoms with van der Waals surface area (Å²) in [7, 11) is 1.67. The minimum absolute atomic E-state index is 0.0620. The van der Waals surface area contributed by atoms with Crippen LogP contribution in [0, 0.1) is 0 Å². The van der Waals surface area contributed by atoms with E-state index in [1.807, 2.05) is 0 Å². The van der Waals surface area contributed by atoms with Gasteiger partial charge < -0.3 is 20.1 Å². The predicted molar refractivity (Wildman–Crippen MR) is 100 cm³/mol. The van der Waals surface area contributed by atoms with Crippen molar-refractivity contribution in [1.82, 2.24) is 20.5 Å². The van der Waals surface area contributed by atoms with Crippen molar-refractivity contribution in [3.05, 3.63) is 23.9 Å². The van der Waals surface area contributed by atoms with E-state index in [-0.39, 0.29) is 11.4 Å². The van der Waals surface area contributed by atoms with Crippen LogP contribution >= 0.6 is 0 Å². The summed E-state index contributed by atoms with van der Waals surface area (Å²) in [4.78, 5) is 10.4. The lowest BCUT2D eigenvalue weighted by molar-refractivity contribution is -0.154. The number of aliphatic imine (C=N–C) groups is 1. The van der Waals surface area contributed by atoms with Gasteiger partial charge in [0.2, 0.25) is 5.88 Å². The molecule has 0 bridgehead atoms. The summed E-state index contributed by atoms with van der Waals surface area (Å²) >= 11 is 0. The van der Waals surface area contributed by atoms with Crippen molar-refractivity contribution in [3.63, 3.8) is 0 Å². The Bertz CT molecular complexity index is 646. The summed E-state index contributed by atoms with van der Waals surface area (Å²) in [5, 5.41) is 6.45. The Labute approximate surface area is 163 Å². The summed E-state index contributed by atoms with van der Waals surface area (Å²) in [5.41, 5.74) is 0.666. The molecule has 0 radical (unpaired) electrons. The zero-order valence-corrected chi connectivity index (χ0v) is 16.5. The number of aromatic nitrogens is 1. The number of morpholine rings is 1. The summed E-state index contributed by atoms with van der Waals surface area (Å²) in [6.45, 7) is 7.25. The Morgan fingerprint density at radius 1 is 1.29 bits per heavy atom. The summed E-state index contributed by atoms with van der Waals surface area (Å²) < 4.78 is 46.8. The van der Waals surface area contributed by atoms with Crippen LogP contribution in [-0.2, 0) is 11.3 Å². The van der Waals surface area contributed by atoms with E-state index in [4.69, 9.17) is 4.74 Å². The van der Waals surface area contributed by atoms with Crippen LogP contribution in [0.15, 0.2) is 23.3 Å². The molecule has 1 aromatic heterocycles.